The lowest BCUT2D eigenvalue weighted by atomic mass is 10.0. The van der Waals surface area contributed by atoms with E-state index in [4.69, 9.17) is 4.52 Å². The molecule has 2 aromatic heterocycles. The van der Waals surface area contributed by atoms with Crippen LogP contribution in [-0.2, 0) is 13.1 Å². The molecule has 0 spiro atoms. The highest BCUT2D eigenvalue weighted by Crippen LogP contribution is 2.38. The molecule has 1 aliphatic heterocycles. The quantitative estimate of drug-likeness (QED) is 0.818. The molecule has 22 heavy (non-hydrogen) atoms. The highest BCUT2D eigenvalue weighted by molar-refractivity contribution is 5.12. The van der Waals surface area contributed by atoms with Crippen molar-refractivity contribution in [1.82, 2.24) is 24.8 Å². The number of hydrogen-bond donors (Lipinski definition) is 0. The summed E-state index contributed by atoms with van der Waals surface area (Å²) in [4.78, 5) is 18.4. The number of aromatic nitrogens is 4. The van der Waals surface area contributed by atoms with E-state index in [1.807, 2.05) is 13.0 Å². The lowest BCUT2D eigenvalue weighted by Crippen LogP contribution is -2.49. The summed E-state index contributed by atoms with van der Waals surface area (Å²) in [6, 6.07) is 3.53. The van der Waals surface area contributed by atoms with Gasteiger partial charge in [0.1, 0.15) is 0 Å². The largest absolute Gasteiger partial charge is 0.338 e. The lowest BCUT2D eigenvalue weighted by molar-refractivity contribution is 0.0657. The minimum absolute atomic E-state index is 0.00428. The van der Waals surface area contributed by atoms with Crippen LogP contribution in [0.5, 0.6) is 0 Å². The Morgan fingerprint density at radius 2 is 2.14 bits per heavy atom. The fourth-order valence-electron chi connectivity index (χ4n) is 2.95. The Morgan fingerprint density at radius 1 is 1.32 bits per heavy atom. The molecule has 0 bridgehead atoms. The standard InChI is InChI=1S/C15H19N5O2/c1-10-16-14(22-18-10)9-19-6-11(7-19)8-20-15(21)5-4-13(17-20)12-2-3-12/h4-5,11-12H,2-3,6-9H2,1H3. The average Bonchev–Trinajstić information content (AvgIpc) is 3.22. The minimum Gasteiger partial charge on any atom is -0.338 e. The molecule has 3 heterocycles. The van der Waals surface area contributed by atoms with Crippen LogP contribution < -0.4 is 5.56 Å². The maximum atomic E-state index is 11.9. The molecule has 0 atom stereocenters. The van der Waals surface area contributed by atoms with Crippen LogP contribution in [0.1, 0.15) is 36.2 Å². The van der Waals surface area contributed by atoms with Gasteiger partial charge in [-0.2, -0.15) is 10.1 Å². The number of aryl methyl sites for hydroxylation is 1. The second kappa shape index (κ2) is 5.31. The molecule has 7 heteroatoms. The Morgan fingerprint density at radius 3 is 2.82 bits per heavy atom. The summed E-state index contributed by atoms with van der Waals surface area (Å²) < 4.78 is 6.75. The second-order valence-corrected chi connectivity index (χ2v) is 6.35. The van der Waals surface area contributed by atoms with Crippen LogP contribution in [0.3, 0.4) is 0 Å². The normalized spacial score (nSPS) is 19.3. The van der Waals surface area contributed by atoms with Crippen molar-refractivity contribution in [2.45, 2.75) is 38.8 Å². The summed E-state index contributed by atoms with van der Waals surface area (Å²) in [5, 5.41) is 8.30. The summed E-state index contributed by atoms with van der Waals surface area (Å²) in [7, 11) is 0. The van der Waals surface area contributed by atoms with E-state index in [0.717, 1.165) is 18.8 Å². The van der Waals surface area contributed by atoms with Crippen LogP contribution in [0, 0.1) is 12.8 Å². The van der Waals surface area contributed by atoms with E-state index in [9.17, 15) is 4.79 Å². The molecular formula is C15H19N5O2. The zero-order chi connectivity index (χ0) is 15.1. The molecule has 4 rings (SSSR count). The molecule has 2 fully saturated rings. The van der Waals surface area contributed by atoms with Crippen molar-refractivity contribution in [2.75, 3.05) is 13.1 Å². The van der Waals surface area contributed by atoms with Crippen molar-refractivity contribution in [3.05, 3.63) is 39.9 Å². The summed E-state index contributed by atoms with van der Waals surface area (Å²) in [5.74, 6) is 2.36. The lowest BCUT2D eigenvalue weighted by Gasteiger charge is -2.38. The van der Waals surface area contributed by atoms with E-state index < -0.39 is 0 Å². The predicted octanol–water partition coefficient (Wildman–Crippen LogP) is 0.944. The van der Waals surface area contributed by atoms with Crippen molar-refractivity contribution < 1.29 is 4.52 Å². The Hall–Kier alpha value is -2.02. The van der Waals surface area contributed by atoms with Gasteiger partial charge in [0.15, 0.2) is 5.82 Å². The smallest absolute Gasteiger partial charge is 0.266 e. The van der Waals surface area contributed by atoms with Crippen LogP contribution in [0.4, 0.5) is 0 Å². The van der Waals surface area contributed by atoms with Gasteiger partial charge in [0.05, 0.1) is 18.8 Å². The molecule has 0 aromatic carbocycles. The third-order valence-corrected chi connectivity index (χ3v) is 4.28. The topological polar surface area (TPSA) is 77.0 Å². The number of nitrogens with zero attached hydrogens (tertiary/aromatic N) is 5. The third-order valence-electron chi connectivity index (χ3n) is 4.28. The van der Waals surface area contributed by atoms with Gasteiger partial charge in [0.25, 0.3) is 5.56 Å². The predicted molar refractivity (Wildman–Crippen MR) is 78.3 cm³/mol. The molecular weight excluding hydrogens is 282 g/mol. The molecule has 7 nitrogen and oxygen atoms in total. The molecule has 116 valence electrons. The molecule has 2 aliphatic rings. The molecule has 0 unspecified atom stereocenters. The zero-order valence-corrected chi connectivity index (χ0v) is 12.6. The van der Waals surface area contributed by atoms with Gasteiger partial charge < -0.3 is 4.52 Å². The Kier molecular flexibility index (Phi) is 3.29. The van der Waals surface area contributed by atoms with E-state index in [-0.39, 0.29) is 5.56 Å². The molecule has 1 aliphatic carbocycles. The van der Waals surface area contributed by atoms with E-state index in [1.165, 1.54) is 12.8 Å². The summed E-state index contributed by atoms with van der Waals surface area (Å²) >= 11 is 0. The van der Waals surface area contributed by atoms with Crippen molar-refractivity contribution in [3.8, 4) is 0 Å². The van der Waals surface area contributed by atoms with Gasteiger partial charge in [-0.05, 0) is 25.8 Å². The van der Waals surface area contributed by atoms with E-state index in [0.29, 0.717) is 36.6 Å². The van der Waals surface area contributed by atoms with Gasteiger partial charge in [-0.25, -0.2) is 4.68 Å². The van der Waals surface area contributed by atoms with E-state index in [1.54, 1.807) is 10.7 Å². The monoisotopic (exact) mass is 301 g/mol. The number of likely N-dealkylation sites (tertiary alicyclic amines) is 1. The Balaban J connectivity index is 1.34. The van der Waals surface area contributed by atoms with Crippen LogP contribution in [-0.4, -0.2) is 37.9 Å². The SMILES string of the molecule is Cc1noc(CN2CC(Cn3nc(C4CC4)ccc3=O)C2)n1. The van der Waals surface area contributed by atoms with Crippen LogP contribution >= 0.6 is 0 Å². The molecule has 0 amide bonds. The summed E-state index contributed by atoms with van der Waals surface area (Å²) in [6.07, 6.45) is 2.40. The van der Waals surface area contributed by atoms with Gasteiger partial charge in [-0.3, -0.25) is 9.69 Å². The molecule has 0 N–H and O–H groups in total. The number of rotatable bonds is 5. The van der Waals surface area contributed by atoms with Gasteiger partial charge in [-0.15, -0.1) is 0 Å². The first-order chi connectivity index (χ1) is 10.7. The van der Waals surface area contributed by atoms with Crippen molar-refractivity contribution in [1.29, 1.82) is 0 Å². The van der Waals surface area contributed by atoms with Gasteiger partial charge in [-0.1, -0.05) is 5.16 Å². The third kappa shape index (κ3) is 2.81. The summed E-state index contributed by atoms with van der Waals surface area (Å²) in [6.45, 7) is 5.06. The summed E-state index contributed by atoms with van der Waals surface area (Å²) in [5.41, 5.74) is 1.06. The molecule has 0 radical (unpaired) electrons. The van der Waals surface area contributed by atoms with E-state index in [2.05, 4.69) is 20.1 Å². The van der Waals surface area contributed by atoms with Gasteiger partial charge in [0, 0.05) is 31.0 Å². The van der Waals surface area contributed by atoms with Crippen LogP contribution in [0.15, 0.2) is 21.5 Å². The second-order valence-electron chi connectivity index (χ2n) is 6.35. The molecule has 2 aromatic rings. The first kappa shape index (κ1) is 13.6. The van der Waals surface area contributed by atoms with Gasteiger partial charge >= 0.3 is 0 Å². The first-order valence-electron chi connectivity index (χ1n) is 7.77. The fourth-order valence-corrected chi connectivity index (χ4v) is 2.95. The fraction of sp³-hybridized carbons (Fsp3) is 0.600. The van der Waals surface area contributed by atoms with Gasteiger partial charge in [0.2, 0.25) is 5.89 Å². The van der Waals surface area contributed by atoms with Crippen LogP contribution in [0.25, 0.3) is 0 Å². The van der Waals surface area contributed by atoms with Crippen molar-refractivity contribution >= 4 is 0 Å². The van der Waals surface area contributed by atoms with Crippen molar-refractivity contribution in [2.24, 2.45) is 5.92 Å². The highest BCUT2D eigenvalue weighted by atomic mass is 16.5. The van der Waals surface area contributed by atoms with Crippen LogP contribution in [0.2, 0.25) is 0 Å². The average molecular weight is 301 g/mol. The molecule has 1 saturated heterocycles. The Bertz CT molecular complexity index is 728. The highest BCUT2D eigenvalue weighted by Gasteiger charge is 2.30. The maximum Gasteiger partial charge on any atom is 0.266 e. The maximum absolute atomic E-state index is 11.9. The van der Waals surface area contributed by atoms with Crippen molar-refractivity contribution in [3.63, 3.8) is 0 Å². The minimum atomic E-state index is -0.00428. The zero-order valence-electron chi connectivity index (χ0n) is 12.6. The van der Waals surface area contributed by atoms with E-state index >= 15 is 0 Å². The Labute approximate surface area is 127 Å². The molecule has 1 saturated carbocycles. The first-order valence-corrected chi connectivity index (χ1v) is 7.77. The number of hydrogen-bond acceptors (Lipinski definition) is 6.